The molecule has 6 nitrogen and oxygen atoms in total. The van der Waals surface area contributed by atoms with Gasteiger partial charge in [-0.3, -0.25) is 4.98 Å². The largest absolute Gasteiger partial charge is 0.451 e. The fraction of sp³-hybridized carbons (Fsp3) is 0. The molecule has 9 rings (SSSR count). The summed E-state index contributed by atoms with van der Waals surface area (Å²) >= 11 is 0. The molecule has 0 radical (unpaired) electrons. The monoisotopic (exact) mass is 565 g/mol. The molecule has 9 aromatic rings. The molecule has 0 aliphatic heterocycles. The van der Waals surface area contributed by atoms with Crippen molar-refractivity contribution in [2.45, 2.75) is 0 Å². The Bertz CT molecular complexity index is 2390. The Balaban J connectivity index is 1.32. The smallest absolute Gasteiger partial charge is 0.167 e. The highest BCUT2D eigenvalue weighted by molar-refractivity contribution is 6.13. The zero-order valence-electron chi connectivity index (χ0n) is 23.4. The van der Waals surface area contributed by atoms with Crippen LogP contribution in [0, 0.1) is 0 Å². The third-order valence-electron chi connectivity index (χ3n) is 8.12. The minimum atomic E-state index is 0.530. The topological polar surface area (TPSA) is 69.6 Å². The van der Waals surface area contributed by atoms with Crippen molar-refractivity contribution in [2.75, 3.05) is 0 Å². The molecule has 4 heterocycles. The van der Waals surface area contributed by atoms with Gasteiger partial charge in [-0.15, -0.1) is 0 Å². The van der Waals surface area contributed by atoms with E-state index in [1.165, 1.54) is 10.8 Å². The van der Waals surface area contributed by atoms with Gasteiger partial charge < -0.3 is 8.98 Å². The van der Waals surface area contributed by atoms with Gasteiger partial charge in [-0.2, -0.15) is 0 Å². The number of fused-ring (bicyclic) bond motifs is 6. The summed E-state index contributed by atoms with van der Waals surface area (Å²) in [5, 5.41) is 3.33. The van der Waals surface area contributed by atoms with E-state index in [0.717, 1.165) is 49.9 Å². The first-order valence-electron chi connectivity index (χ1n) is 14.5. The van der Waals surface area contributed by atoms with Gasteiger partial charge in [-0.05, 0) is 30.3 Å². The maximum absolute atomic E-state index is 6.80. The Morgan fingerprint density at radius 1 is 0.455 bits per heavy atom. The van der Waals surface area contributed by atoms with Crippen LogP contribution in [0.3, 0.4) is 0 Å². The lowest BCUT2D eigenvalue weighted by Crippen LogP contribution is -2.00. The SMILES string of the molecule is c1ccc(-c2nc(-c3ccccc3)nc(-c3ccnc4c3oc3c(-n5c6ccccc6c6ccccc65)cccc34)n2)cc1. The maximum atomic E-state index is 6.80. The number of hydrogen-bond donors (Lipinski definition) is 0. The fourth-order valence-corrected chi connectivity index (χ4v) is 6.13. The first-order chi connectivity index (χ1) is 21.8. The van der Waals surface area contributed by atoms with Gasteiger partial charge in [0.2, 0.25) is 0 Å². The van der Waals surface area contributed by atoms with Crippen molar-refractivity contribution in [3.05, 3.63) is 140 Å². The van der Waals surface area contributed by atoms with Crippen LogP contribution in [0.25, 0.3) is 83.7 Å². The molecule has 0 atom stereocenters. The van der Waals surface area contributed by atoms with E-state index in [9.17, 15) is 0 Å². The third-order valence-corrected chi connectivity index (χ3v) is 8.12. The molecule has 0 spiro atoms. The molecule has 0 fully saturated rings. The number of aromatic nitrogens is 5. The predicted molar refractivity (Wildman–Crippen MR) is 176 cm³/mol. The summed E-state index contributed by atoms with van der Waals surface area (Å²) in [7, 11) is 0. The van der Waals surface area contributed by atoms with E-state index in [2.05, 4.69) is 71.3 Å². The zero-order valence-corrected chi connectivity index (χ0v) is 23.4. The molecule has 0 saturated carbocycles. The van der Waals surface area contributed by atoms with Crippen molar-refractivity contribution < 1.29 is 4.42 Å². The number of hydrogen-bond acceptors (Lipinski definition) is 5. The number of furan rings is 1. The van der Waals surface area contributed by atoms with Crippen LogP contribution in [-0.4, -0.2) is 24.5 Å². The minimum Gasteiger partial charge on any atom is -0.451 e. The lowest BCUT2D eigenvalue weighted by molar-refractivity contribution is 0.666. The highest BCUT2D eigenvalue weighted by atomic mass is 16.3. The molecule has 0 N–H and O–H groups in total. The molecule has 4 aromatic heterocycles. The number of pyridine rings is 1. The molecular weight excluding hydrogens is 542 g/mol. The Labute approximate surface area is 251 Å². The van der Waals surface area contributed by atoms with Crippen molar-refractivity contribution in [3.63, 3.8) is 0 Å². The van der Waals surface area contributed by atoms with Crippen LogP contribution >= 0.6 is 0 Å². The summed E-state index contributed by atoms with van der Waals surface area (Å²) in [5.74, 6) is 1.73. The fourth-order valence-electron chi connectivity index (χ4n) is 6.13. The van der Waals surface area contributed by atoms with Gasteiger partial charge in [-0.25, -0.2) is 15.0 Å². The molecule has 0 aliphatic rings. The van der Waals surface area contributed by atoms with Gasteiger partial charge in [0.1, 0.15) is 5.52 Å². The summed E-state index contributed by atoms with van der Waals surface area (Å²) in [6.07, 6.45) is 1.80. The molecule has 0 aliphatic carbocycles. The number of benzene rings is 5. The normalized spacial score (nSPS) is 11.6. The van der Waals surface area contributed by atoms with Crippen molar-refractivity contribution in [1.82, 2.24) is 24.5 Å². The highest BCUT2D eigenvalue weighted by Crippen LogP contribution is 2.39. The maximum Gasteiger partial charge on any atom is 0.167 e. The Morgan fingerprint density at radius 2 is 1.00 bits per heavy atom. The average molecular weight is 566 g/mol. The molecule has 0 unspecified atom stereocenters. The molecule has 5 aromatic carbocycles. The van der Waals surface area contributed by atoms with Gasteiger partial charge in [0.05, 0.1) is 22.3 Å². The number of rotatable bonds is 4. The van der Waals surface area contributed by atoms with E-state index in [1.54, 1.807) is 6.20 Å². The van der Waals surface area contributed by atoms with Crippen LogP contribution in [0.2, 0.25) is 0 Å². The van der Waals surface area contributed by atoms with Gasteiger partial charge in [0, 0.05) is 33.5 Å². The number of para-hydroxylation sites is 3. The summed E-state index contributed by atoms with van der Waals surface area (Å²) in [6.45, 7) is 0. The quantitative estimate of drug-likeness (QED) is 0.213. The van der Waals surface area contributed by atoms with E-state index in [0.29, 0.717) is 23.1 Å². The predicted octanol–water partition coefficient (Wildman–Crippen LogP) is 9.26. The summed E-state index contributed by atoms with van der Waals surface area (Å²) in [4.78, 5) is 19.6. The van der Waals surface area contributed by atoms with Gasteiger partial charge in [0.25, 0.3) is 0 Å². The van der Waals surface area contributed by atoms with Crippen molar-refractivity contribution >= 4 is 43.9 Å². The summed E-state index contributed by atoms with van der Waals surface area (Å²) in [5.41, 5.74) is 7.94. The molecule has 0 saturated heterocycles. The molecule has 0 bridgehead atoms. The lowest BCUT2D eigenvalue weighted by atomic mass is 10.1. The number of nitrogens with zero attached hydrogens (tertiary/aromatic N) is 5. The van der Waals surface area contributed by atoms with E-state index in [4.69, 9.17) is 24.4 Å². The standard InChI is InChI=1S/C38H23N5O/c1-3-12-24(13-4-1)36-40-37(25-14-5-2-6-15-25)42-38(41-36)29-22-23-39-33-28-18-11-21-32(34(28)44-35(29)33)43-30-19-9-7-16-26(30)27-17-8-10-20-31(27)43/h1-23H. The molecule has 0 amide bonds. The second-order valence-corrected chi connectivity index (χ2v) is 10.7. The average Bonchev–Trinajstić information content (AvgIpc) is 3.65. The van der Waals surface area contributed by atoms with Gasteiger partial charge in [0.15, 0.2) is 28.6 Å². The van der Waals surface area contributed by atoms with Gasteiger partial charge in [-0.1, -0.05) is 103 Å². The van der Waals surface area contributed by atoms with E-state index in [-0.39, 0.29) is 0 Å². The van der Waals surface area contributed by atoms with Crippen LogP contribution in [-0.2, 0) is 0 Å². The van der Waals surface area contributed by atoms with Crippen LogP contribution in [0.4, 0.5) is 0 Å². The molecule has 206 valence electrons. The van der Waals surface area contributed by atoms with Crippen LogP contribution in [0.5, 0.6) is 0 Å². The molecule has 6 heteroatoms. The van der Waals surface area contributed by atoms with E-state index < -0.39 is 0 Å². The first kappa shape index (κ1) is 24.5. The van der Waals surface area contributed by atoms with Crippen molar-refractivity contribution in [1.29, 1.82) is 0 Å². The summed E-state index contributed by atoms with van der Waals surface area (Å²) < 4.78 is 9.07. The summed E-state index contributed by atoms with van der Waals surface area (Å²) in [6, 6.07) is 45.1. The van der Waals surface area contributed by atoms with Crippen LogP contribution in [0.1, 0.15) is 0 Å². The Hall–Kier alpha value is -6.14. The Kier molecular flexibility index (Phi) is 5.40. The Morgan fingerprint density at radius 3 is 1.64 bits per heavy atom. The van der Waals surface area contributed by atoms with Crippen LogP contribution in [0.15, 0.2) is 144 Å². The van der Waals surface area contributed by atoms with Gasteiger partial charge >= 0.3 is 0 Å². The molecular formula is C38H23N5O. The first-order valence-corrected chi connectivity index (χ1v) is 14.5. The zero-order chi connectivity index (χ0) is 29.0. The second-order valence-electron chi connectivity index (χ2n) is 10.7. The third kappa shape index (κ3) is 3.75. The van der Waals surface area contributed by atoms with Crippen molar-refractivity contribution in [2.24, 2.45) is 0 Å². The lowest BCUT2D eigenvalue weighted by Gasteiger charge is -2.08. The van der Waals surface area contributed by atoms with E-state index >= 15 is 0 Å². The second kappa shape index (κ2) is 9.71. The minimum absolute atomic E-state index is 0.530. The highest BCUT2D eigenvalue weighted by Gasteiger charge is 2.21. The van der Waals surface area contributed by atoms with Crippen LogP contribution < -0.4 is 0 Å². The molecule has 44 heavy (non-hydrogen) atoms. The van der Waals surface area contributed by atoms with Crippen molar-refractivity contribution in [3.8, 4) is 39.9 Å². The van der Waals surface area contributed by atoms with E-state index in [1.807, 2.05) is 66.7 Å².